The van der Waals surface area contributed by atoms with Crippen molar-refractivity contribution < 1.29 is 13.0 Å². The predicted octanol–water partition coefficient (Wildman–Crippen LogP) is 0.926. The molecule has 0 aliphatic carbocycles. The third kappa shape index (κ3) is 2.24. The average molecular weight is 318 g/mol. The van der Waals surface area contributed by atoms with Gasteiger partial charge in [-0.2, -0.15) is 8.42 Å². The summed E-state index contributed by atoms with van der Waals surface area (Å²) >= 11 is 0. The summed E-state index contributed by atoms with van der Waals surface area (Å²) in [5, 5.41) is -0.270. The fourth-order valence-corrected chi connectivity index (χ4v) is 3.01. The Morgan fingerprint density at radius 3 is 2.27 bits per heavy atom. The Morgan fingerprint density at radius 1 is 0.955 bits per heavy atom. The zero-order chi connectivity index (χ0) is 15.9. The Hall–Kier alpha value is -2.71. The zero-order valence-corrected chi connectivity index (χ0v) is 11.9. The minimum Gasteiger partial charge on any atom is -0.282 e. The van der Waals surface area contributed by atoms with Crippen molar-refractivity contribution in [2.24, 2.45) is 0 Å². The lowest BCUT2D eigenvalue weighted by molar-refractivity contribution is 0.484. The second kappa shape index (κ2) is 4.93. The molecule has 8 heteroatoms. The quantitative estimate of drug-likeness (QED) is 0.683. The van der Waals surface area contributed by atoms with Gasteiger partial charge in [-0.1, -0.05) is 24.3 Å². The highest BCUT2D eigenvalue weighted by Crippen LogP contribution is 2.20. The van der Waals surface area contributed by atoms with Crippen LogP contribution in [-0.4, -0.2) is 22.5 Å². The van der Waals surface area contributed by atoms with Gasteiger partial charge in [0.05, 0.1) is 16.6 Å². The summed E-state index contributed by atoms with van der Waals surface area (Å²) in [6, 6.07) is 12.3. The minimum atomic E-state index is -4.60. The fraction of sp³-hybridized carbons (Fsp3) is 0. The molecule has 3 rings (SSSR count). The summed E-state index contributed by atoms with van der Waals surface area (Å²) in [6.45, 7) is 0. The fourth-order valence-electron chi connectivity index (χ4n) is 2.31. The summed E-state index contributed by atoms with van der Waals surface area (Å²) < 4.78 is 33.3. The first kappa shape index (κ1) is 14.2. The van der Waals surface area contributed by atoms with Crippen LogP contribution < -0.4 is 11.2 Å². The van der Waals surface area contributed by atoms with E-state index in [1.54, 1.807) is 30.3 Å². The number of benzene rings is 2. The number of nitrogens with zero attached hydrogens (tertiary/aromatic N) is 1. The first-order chi connectivity index (χ1) is 10.4. The smallest absolute Gasteiger partial charge is 0.282 e. The summed E-state index contributed by atoms with van der Waals surface area (Å²) in [7, 11) is -4.60. The molecule has 0 spiro atoms. The predicted molar refractivity (Wildman–Crippen MR) is 80.0 cm³/mol. The normalized spacial score (nSPS) is 11.7. The van der Waals surface area contributed by atoms with Gasteiger partial charge < -0.3 is 0 Å². The van der Waals surface area contributed by atoms with E-state index in [-0.39, 0.29) is 10.9 Å². The number of aromatic nitrogens is 2. The average Bonchev–Trinajstić information content (AvgIpc) is 2.46. The Kier molecular flexibility index (Phi) is 3.19. The second-order valence-electron chi connectivity index (χ2n) is 4.56. The molecular weight excluding hydrogens is 308 g/mol. The molecule has 0 saturated carbocycles. The summed E-state index contributed by atoms with van der Waals surface area (Å²) in [4.78, 5) is 25.6. The van der Waals surface area contributed by atoms with Crippen LogP contribution in [0.2, 0.25) is 0 Å². The van der Waals surface area contributed by atoms with Gasteiger partial charge in [0.25, 0.3) is 15.7 Å². The number of hydrogen-bond acceptors (Lipinski definition) is 4. The molecule has 2 N–H and O–H groups in total. The van der Waals surface area contributed by atoms with Crippen molar-refractivity contribution in [3.63, 3.8) is 0 Å². The SMILES string of the molecule is O=c1[nH]c(=O)n(-c2ccccc2)c2cccc(S(=O)(=O)O)c12. The largest absolute Gasteiger partial charge is 0.333 e. The van der Waals surface area contributed by atoms with Crippen molar-refractivity contribution in [3.8, 4) is 5.69 Å². The molecule has 0 amide bonds. The van der Waals surface area contributed by atoms with E-state index in [4.69, 9.17) is 0 Å². The van der Waals surface area contributed by atoms with Crippen LogP contribution in [-0.2, 0) is 10.1 Å². The van der Waals surface area contributed by atoms with Crippen LogP contribution in [0.3, 0.4) is 0 Å². The maximum absolute atomic E-state index is 12.1. The molecule has 0 aliphatic rings. The monoisotopic (exact) mass is 318 g/mol. The molecule has 0 unspecified atom stereocenters. The van der Waals surface area contributed by atoms with Crippen molar-refractivity contribution >= 4 is 21.0 Å². The van der Waals surface area contributed by atoms with Gasteiger partial charge in [0.15, 0.2) is 0 Å². The van der Waals surface area contributed by atoms with Crippen LogP contribution in [0.1, 0.15) is 0 Å². The first-order valence-corrected chi connectivity index (χ1v) is 7.64. The Morgan fingerprint density at radius 2 is 1.64 bits per heavy atom. The van der Waals surface area contributed by atoms with Gasteiger partial charge in [0.2, 0.25) is 0 Å². The lowest BCUT2D eigenvalue weighted by Gasteiger charge is -2.10. The molecule has 1 heterocycles. The Labute approximate surface area is 124 Å². The molecule has 112 valence electrons. The molecule has 7 nitrogen and oxygen atoms in total. The van der Waals surface area contributed by atoms with E-state index in [1.807, 2.05) is 0 Å². The molecule has 22 heavy (non-hydrogen) atoms. The van der Waals surface area contributed by atoms with Gasteiger partial charge in [0.1, 0.15) is 4.90 Å². The maximum Gasteiger partial charge on any atom is 0.333 e. The van der Waals surface area contributed by atoms with Crippen molar-refractivity contribution in [1.82, 2.24) is 9.55 Å². The molecular formula is C14H10N2O5S. The number of fused-ring (bicyclic) bond motifs is 1. The lowest BCUT2D eigenvalue weighted by Crippen LogP contribution is -2.30. The van der Waals surface area contributed by atoms with E-state index in [1.165, 1.54) is 16.7 Å². The second-order valence-corrected chi connectivity index (χ2v) is 5.95. The van der Waals surface area contributed by atoms with E-state index in [0.717, 1.165) is 6.07 Å². The molecule has 0 atom stereocenters. The Balaban J connectivity index is 2.57. The van der Waals surface area contributed by atoms with Gasteiger partial charge in [0, 0.05) is 0 Å². The highest BCUT2D eigenvalue weighted by atomic mass is 32.2. The number of H-pyrrole nitrogens is 1. The van der Waals surface area contributed by atoms with Crippen molar-refractivity contribution in [2.45, 2.75) is 4.90 Å². The van der Waals surface area contributed by atoms with Crippen LogP contribution in [0.25, 0.3) is 16.6 Å². The van der Waals surface area contributed by atoms with Crippen LogP contribution in [0.15, 0.2) is 63.0 Å². The van der Waals surface area contributed by atoms with Crippen LogP contribution >= 0.6 is 0 Å². The number of rotatable bonds is 2. The van der Waals surface area contributed by atoms with Crippen LogP contribution in [0.4, 0.5) is 0 Å². The summed E-state index contributed by atoms with van der Waals surface area (Å²) in [5.74, 6) is 0. The highest BCUT2D eigenvalue weighted by Gasteiger charge is 2.19. The number of hydrogen-bond donors (Lipinski definition) is 2. The first-order valence-electron chi connectivity index (χ1n) is 6.20. The van der Waals surface area contributed by atoms with E-state index < -0.39 is 26.3 Å². The van der Waals surface area contributed by atoms with E-state index >= 15 is 0 Å². The number of para-hydroxylation sites is 1. The maximum atomic E-state index is 12.1. The van der Waals surface area contributed by atoms with E-state index in [2.05, 4.69) is 4.98 Å². The number of aromatic amines is 1. The lowest BCUT2D eigenvalue weighted by atomic mass is 10.2. The van der Waals surface area contributed by atoms with Crippen molar-refractivity contribution in [3.05, 3.63) is 69.4 Å². The number of nitrogens with one attached hydrogen (secondary N) is 1. The molecule has 0 aliphatic heterocycles. The molecule has 0 bridgehead atoms. The van der Waals surface area contributed by atoms with E-state index in [9.17, 15) is 22.6 Å². The zero-order valence-electron chi connectivity index (χ0n) is 11.1. The Bertz CT molecular complexity index is 1080. The molecule has 1 aromatic heterocycles. The molecule has 2 aromatic carbocycles. The van der Waals surface area contributed by atoms with Gasteiger partial charge >= 0.3 is 5.69 Å². The molecule has 0 radical (unpaired) electrons. The molecule has 3 aromatic rings. The third-order valence-corrected chi connectivity index (χ3v) is 4.08. The minimum absolute atomic E-state index is 0.0927. The van der Waals surface area contributed by atoms with Gasteiger partial charge in [-0.25, -0.2) is 4.79 Å². The van der Waals surface area contributed by atoms with Crippen molar-refractivity contribution in [2.75, 3.05) is 0 Å². The highest BCUT2D eigenvalue weighted by molar-refractivity contribution is 7.86. The third-order valence-electron chi connectivity index (χ3n) is 3.19. The molecule has 0 saturated heterocycles. The topological polar surface area (TPSA) is 109 Å². The van der Waals surface area contributed by atoms with Crippen LogP contribution in [0.5, 0.6) is 0 Å². The van der Waals surface area contributed by atoms with Gasteiger partial charge in [-0.05, 0) is 24.3 Å². The van der Waals surface area contributed by atoms with Crippen LogP contribution in [0, 0.1) is 0 Å². The molecule has 0 fully saturated rings. The van der Waals surface area contributed by atoms with E-state index in [0.29, 0.717) is 5.69 Å². The van der Waals surface area contributed by atoms with Gasteiger partial charge in [-0.3, -0.25) is 18.9 Å². The van der Waals surface area contributed by atoms with Crippen molar-refractivity contribution in [1.29, 1.82) is 0 Å². The summed E-state index contributed by atoms with van der Waals surface area (Å²) in [6.07, 6.45) is 0. The van der Waals surface area contributed by atoms with Gasteiger partial charge in [-0.15, -0.1) is 0 Å². The summed E-state index contributed by atoms with van der Waals surface area (Å²) in [5.41, 5.74) is -1.02. The standard InChI is InChI=1S/C14H10N2O5S/c17-13-12-10(7-4-8-11(12)22(19,20)21)16(14(18)15-13)9-5-2-1-3-6-9/h1-8H,(H,15,17,18)(H,19,20,21).